The summed E-state index contributed by atoms with van der Waals surface area (Å²) in [4.78, 5) is 15.2. The molecule has 0 atom stereocenters. The molecule has 1 saturated carbocycles. The zero-order valence-electron chi connectivity index (χ0n) is 16.1. The maximum atomic E-state index is 12.6. The van der Waals surface area contributed by atoms with Gasteiger partial charge in [0.15, 0.2) is 5.82 Å². The summed E-state index contributed by atoms with van der Waals surface area (Å²) in [5, 5.41) is 20.7. The van der Waals surface area contributed by atoms with E-state index in [1.165, 1.54) is 0 Å². The van der Waals surface area contributed by atoms with E-state index in [1.807, 2.05) is 11.6 Å². The fraction of sp³-hybridized carbons (Fsp3) is 0.842. The van der Waals surface area contributed by atoms with E-state index in [9.17, 15) is 9.90 Å². The predicted molar refractivity (Wildman–Crippen MR) is 99.0 cm³/mol. The van der Waals surface area contributed by atoms with Gasteiger partial charge in [-0.25, -0.2) is 0 Å². The topological polar surface area (TPSA) is 92.5 Å². The Bertz CT molecular complexity index is 644. The minimum absolute atomic E-state index is 0.0943. The zero-order chi connectivity index (χ0) is 18.8. The van der Waals surface area contributed by atoms with Gasteiger partial charge in [-0.15, -0.1) is 10.2 Å². The summed E-state index contributed by atoms with van der Waals surface area (Å²) in [6, 6.07) is 0.885. The fourth-order valence-corrected chi connectivity index (χ4v) is 4.71. The van der Waals surface area contributed by atoms with Crippen LogP contribution >= 0.6 is 0 Å². The van der Waals surface area contributed by atoms with E-state index in [2.05, 4.69) is 20.4 Å². The number of likely N-dealkylation sites (tertiary alicyclic amines) is 1. The summed E-state index contributed by atoms with van der Waals surface area (Å²) < 4.78 is 7.32. The van der Waals surface area contributed by atoms with Gasteiger partial charge in [0, 0.05) is 44.2 Å². The molecule has 3 fully saturated rings. The molecule has 0 bridgehead atoms. The number of hydrogen-bond acceptors (Lipinski definition) is 6. The Labute approximate surface area is 160 Å². The molecule has 1 amide bonds. The zero-order valence-corrected chi connectivity index (χ0v) is 16.1. The molecule has 4 rings (SSSR count). The number of amides is 1. The number of carbonyl (C=O) groups is 1. The van der Waals surface area contributed by atoms with Crippen molar-refractivity contribution in [2.24, 2.45) is 13.0 Å². The van der Waals surface area contributed by atoms with Crippen molar-refractivity contribution in [2.45, 2.75) is 63.1 Å². The van der Waals surface area contributed by atoms with Crippen LogP contribution in [0.15, 0.2) is 0 Å². The van der Waals surface area contributed by atoms with Crippen molar-refractivity contribution < 1.29 is 14.6 Å². The molecule has 8 heteroatoms. The summed E-state index contributed by atoms with van der Waals surface area (Å²) >= 11 is 0. The van der Waals surface area contributed by atoms with Crippen LogP contribution in [0.5, 0.6) is 0 Å². The van der Waals surface area contributed by atoms with Crippen LogP contribution in [-0.4, -0.2) is 69.1 Å². The number of aliphatic hydroxyl groups excluding tert-OH is 1. The van der Waals surface area contributed by atoms with Crippen molar-refractivity contribution >= 4 is 5.91 Å². The summed E-state index contributed by atoms with van der Waals surface area (Å²) in [7, 11) is 1.89. The lowest BCUT2D eigenvalue weighted by atomic mass is 9.79. The third-order valence-corrected chi connectivity index (χ3v) is 6.60. The third-order valence-electron chi connectivity index (χ3n) is 6.60. The second-order valence-electron chi connectivity index (χ2n) is 8.22. The molecular formula is C19H31N5O3. The summed E-state index contributed by atoms with van der Waals surface area (Å²) in [6.45, 7) is 3.71. The molecule has 2 N–H and O–H groups in total. The minimum Gasteiger partial charge on any atom is -0.388 e. The molecule has 3 heterocycles. The van der Waals surface area contributed by atoms with Gasteiger partial charge in [-0.1, -0.05) is 0 Å². The second kappa shape index (κ2) is 8.24. The number of hydrogen-bond donors (Lipinski definition) is 2. The molecule has 27 heavy (non-hydrogen) atoms. The van der Waals surface area contributed by atoms with Gasteiger partial charge in [-0.2, -0.15) is 0 Å². The average molecular weight is 377 g/mol. The van der Waals surface area contributed by atoms with Gasteiger partial charge in [0.05, 0.1) is 0 Å². The van der Waals surface area contributed by atoms with Gasteiger partial charge in [-0.3, -0.25) is 4.79 Å². The molecule has 0 aromatic carbocycles. The molecule has 1 aromatic rings. The molecule has 0 spiro atoms. The lowest BCUT2D eigenvalue weighted by molar-refractivity contribution is -0.128. The lowest BCUT2D eigenvalue weighted by Gasteiger charge is -2.40. The van der Waals surface area contributed by atoms with Crippen molar-refractivity contribution in [3.63, 3.8) is 0 Å². The van der Waals surface area contributed by atoms with Crippen LogP contribution in [0.3, 0.4) is 0 Å². The Morgan fingerprint density at radius 3 is 2.52 bits per heavy atom. The highest BCUT2D eigenvalue weighted by Gasteiger charge is 2.37. The van der Waals surface area contributed by atoms with E-state index in [-0.39, 0.29) is 24.5 Å². The first kappa shape index (κ1) is 18.8. The van der Waals surface area contributed by atoms with Crippen LogP contribution < -0.4 is 5.32 Å². The molecule has 1 aliphatic carbocycles. The van der Waals surface area contributed by atoms with E-state index in [0.717, 1.165) is 70.7 Å². The number of nitrogens with one attached hydrogen (secondary N) is 1. The molecule has 2 saturated heterocycles. The Hall–Kier alpha value is -1.51. The number of carbonyl (C=O) groups excluding carboxylic acids is 1. The molecule has 150 valence electrons. The smallest absolute Gasteiger partial charge is 0.223 e. The van der Waals surface area contributed by atoms with E-state index >= 15 is 0 Å². The number of rotatable bonds is 5. The minimum atomic E-state index is -0.0943. The van der Waals surface area contributed by atoms with Gasteiger partial charge in [0.25, 0.3) is 0 Å². The first-order valence-corrected chi connectivity index (χ1v) is 10.3. The summed E-state index contributed by atoms with van der Waals surface area (Å²) in [6.07, 6.45) is 5.99. The number of aliphatic hydroxyl groups is 1. The molecular weight excluding hydrogens is 346 g/mol. The van der Waals surface area contributed by atoms with Crippen LogP contribution in [0, 0.1) is 5.92 Å². The van der Waals surface area contributed by atoms with E-state index in [0.29, 0.717) is 17.8 Å². The molecule has 0 unspecified atom stereocenters. The third kappa shape index (κ3) is 4.02. The SMILES string of the molecule is Cn1c(CO)nnc1C1CC(NC(=O)C2CCN(C3CCOCC3)CC2)C1. The quantitative estimate of drug-likeness (QED) is 0.779. The first-order chi connectivity index (χ1) is 13.2. The van der Waals surface area contributed by atoms with Gasteiger partial charge < -0.3 is 24.6 Å². The lowest BCUT2D eigenvalue weighted by Crippen LogP contribution is -2.50. The number of ether oxygens (including phenoxy) is 1. The Morgan fingerprint density at radius 1 is 1.19 bits per heavy atom. The van der Waals surface area contributed by atoms with Crippen LogP contribution in [0.2, 0.25) is 0 Å². The maximum Gasteiger partial charge on any atom is 0.223 e. The van der Waals surface area contributed by atoms with Crippen LogP contribution in [-0.2, 0) is 23.2 Å². The van der Waals surface area contributed by atoms with E-state index in [1.54, 1.807) is 0 Å². The Kier molecular flexibility index (Phi) is 5.75. The summed E-state index contributed by atoms with van der Waals surface area (Å²) in [5.41, 5.74) is 0. The highest BCUT2D eigenvalue weighted by Crippen LogP contribution is 2.36. The van der Waals surface area contributed by atoms with Crippen molar-refractivity contribution in [3.05, 3.63) is 11.6 Å². The van der Waals surface area contributed by atoms with Crippen molar-refractivity contribution in [2.75, 3.05) is 26.3 Å². The number of aromatic nitrogens is 3. The second-order valence-corrected chi connectivity index (χ2v) is 8.22. The molecule has 1 aromatic heterocycles. The average Bonchev–Trinajstić information content (AvgIpc) is 3.05. The van der Waals surface area contributed by atoms with Crippen LogP contribution in [0.4, 0.5) is 0 Å². The molecule has 3 aliphatic rings. The van der Waals surface area contributed by atoms with Gasteiger partial charge in [0.2, 0.25) is 5.91 Å². The highest BCUT2D eigenvalue weighted by molar-refractivity contribution is 5.79. The predicted octanol–water partition coefficient (Wildman–Crippen LogP) is 0.561. The molecule has 0 radical (unpaired) electrons. The largest absolute Gasteiger partial charge is 0.388 e. The monoisotopic (exact) mass is 377 g/mol. The van der Waals surface area contributed by atoms with Crippen molar-refractivity contribution in [1.29, 1.82) is 0 Å². The Morgan fingerprint density at radius 2 is 1.89 bits per heavy atom. The molecule has 2 aliphatic heterocycles. The van der Waals surface area contributed by atoms with E-state index in [4.69, 9.17) is 4.74 Å². The highest BCUT2D eigenvalue weighted by atomic mass is 16.5. The van der Waals surface area contributed by atoms with Gasteiger partial charge in [-0.05, 0) is 51.6 Å². The summed E-state index contributed by atoms with van der Waals surface area (Å²) in [5.74, 6) is 2.20. The first-order valence-electron chi connectivity index (χ1n) is 10.3. The Balaban J connectivity index is 1.20. The maximum absolute atomic E-state index is 12.6. The number of piperidine rings is 1. The number of nitrogens with zero attached hydrogens (tertiary/aromatic N) is 4. The van der Waals surface area contributed by atoms with Gasteiger partial charge in [0.1, 0.15) is 12.4 Å². The normalized spacial score (nSPS) is 28.1. The van der Waals surface area contributed by atoms with E-state index < -0.39 is 0 Å². The standard InChI is InChI=1S/C19H31N5O3/c1-23-17(12-25)21-22-18(23)14-10-15(11-14)20-19(26)13-2-6-24(7-3-13)16-4-8-27-9-5-16/h13-16,25H,2-12H2,1H3,(H,20,26). The van der Waals surface area contributed by atoms with Crippen molar-refractivity contribution in [3.8, 4) is 0 Å². The van der Waals surface area contributed by atoms with Gasteiger partial charge >= 0.3 is 0 Å². The van der Waals surface area contributed by atoms with Crippen molar-refractivity contribution in [1.82, 2.24) is 25.0 Å². The van der Waals surface area contributed by atoms with Crippen LogP contribution in [0.1, 0.15) is 56.1 Å². The van der Waals surface area contributed by atoms with Crippen LogP contribution in [0.25, 0.3) is 0 Å². The molecule has 8 nitrogen and oxygen atoms in total. The fourth-order valence-electron chi connectivity index (χ4n) is 4.71.